The van der Waals surface area contributed by atoms with Gasteiger partial charge in [-0.25, -0.2) is 0 Å². The fourth-order valence-corrected chi connectivity index (χ4v) is 2.41. The summed E-state index contributed by atoms with van der Waals surface area (Å²) in [5, 5.41) is 9.97. The quantitative estimate of drug-likeness (QED) is 0.920. The highest BCUT2D eigenvalue weighted by Gasteiger charge is 2.34. The van der Waals surface area contributed by atoms with E-state index in [-0.39, 0.29) is 18.6 Å². The monoisotopic (exact) mass is 283 g/mol. The Balaban J connectivity index is 2.18. The van der Waals surface area contributed by atoms with E-state index in [9.17, 15) is 9.90 Å². The first kappa shape index (κ1) is 14.3. The molecule has 1 aliphatic heterocycles. The maximum absolute atomic E-state index is 12.4. The molecule has 1 aromatic rings. The largest absolute Gasteiger partial charge is 0.394 e. The number of aliphatic hydroxyl groups is 1. The minimum Gasteiger partial charge on any atom is -0.394 e. The maximum Gasteiger partial charge on any atom is 0.256 e. The van der Waals surface area contributed by atoms with Gasteiger partial charge >= 0.3 is 0 Å². The molecule has 1 amide bonds. The Bertz CT molecular complexity index is 431. The molecule has 104 valence electrons. The van der Waals surface area contributed by atoms with Crippen molar-refractivity contribution in [2.75, 3.05) is 19.8 Å². The summed E-state index contributed by atoms with van der Waals surface area (Å²) in [6.07, 6.45) is 0.141. The van der Waals surface area contributed by atoms with Crippen molar-refractivity contribution in [1.82, 2.24) is 4.90 Å². The lowest BCUT2D eigenvalue weighted by atomic mass is 10.1. The number of hydrogen-bond donors (Lipinski definition) is 1. The van der Waals surface area contributed by atoms with Crippen LogP contribution in [0, 0.1) is 0 Å². The van der Waals surface area contributed by atoms with E-state index in [1.807, 2.05) is 6.92 Å². The van der Waals surface area contributed by atoms with Crippen LogP contribution in [0.5, 0.6) is 0 Å². The fourth-order valence-electron chi connectivity index (χ4n) is 2.29. The number of carbonyl (C=O) groups is 1. The number of rotatable bonds is 4. The van der Waals surface area contributed by atoms with Gasteiger partial charge in [-0.1, -0.05) is 30.7 Å². The van der Waals surface area contributed by atoms with Gasteiger partial charge < -0.3 is 14.7 Å². The molecule has 1 N–H and O–H groups in total. The predicted octanol–water partition coefficient (Wildman–Crippen LogP) is 2.01. The van der Waals surface area contributed by atoms with Gasteiger partial charge in [-0.3, -0.25) is 4.79 Å². The minimum absolute atomic E-state index is 0.0183. The lowest BCUT2D eigenvalue weighted by Crippen LogP contribution is -2.50. The smallest absolute Gasteiger partial charge is 0.256 e. The van der Waals surface area contributed by atoms with Gasteiger partial charge in [0.2, 0.25) is 0 Å². The molecule has 0 radical (unpaired) electrons. The number of carbonyl (C=O) groups excluding carboxylic acids is 1. The molecule has 0 bridgehead atoms. The first-order chi connectivity index (χ1) is 9.17. The molecule has 4 nitrogen and oxygen atoms in total. The summed E-state index contributed by atoms with van der Waals surface area (Å²) in [7, 11) is 0. The Labute approximate surface area is 117 Å². The summed E-state index contributed by atoms with van der Waals surface area (Å²) < 4.78 is 5.57. The Morgan fingerprint density at radius 2 is 2.16 bits per heavy atom. The van der Waals surface area contributed by atoms with Gasteiger partial charge in [-0.2, -0.15) is 0 Å². The second-order valence-corrected chi connectivity index (χ2v) is 5.02. The van der Waals surface area contributed by atoms with Gasteiger partial charge in [0.15, 0.2) is 6.10 Å². The van der Waals surface area contributed by atoms with Gasteiger partial charge in [0.25, 0.3) is 5.91 Å². The maximum atomic E-state index is 12.4. The average molecular weight is 284 g/mol. The van der Waals surface area contributed by atoms with E-state index in [1.54, 1.807) is 29.2 Å². The first-order valence-electron chi connectivity index (χ1n) is 6.45. The first-order valence-corrected chi connectivity index (χ1v) is 6.83. The van der Waals surface area contributed by atoms with Crippen molar-refractivity contribution in [3.05, 3.63) is 34.9 Å². The number of nitrogens with zero attached hydrogens (tertiary/aromatic N) is 1. The van der Waals surface area contributed by atoms with Crippen molar-refractivity contribution >= 4 is 17.5 Å². The second-order valence-electron chi connectivity index (χ2n) is 4.58. The summed E-state index contributed by atoms with van der Waals surface area (Å²) in [6.45, 7) is 2.95. The summed E-state index contributed by atoms with van der Waals surface area (Å²) in [5.74, 6) is -0.0885. The van der Waals surface area contributed by atoms with Crippen molar-refractivity contribution in [2.24, 2.45) is 0 Å². The number of benzene rings is 1. The Morgan fingerprint density at radius 1 is 1.47 bits per heavy atom. The zero-order valence-corrected chi connectivity index (χ0v) is 11.6. The molecule has 0 spiro atoms. The molecular formula is C14H18ClNO3. The van der Waals surface area contributed by atoms with Crippen molar-refractivity contribution in [3.63, 3.8) is 0 Å². The van der Waals surface area contributed by atoms with E-state index in [2.05, 4.69) is 0 Å². The van der Waals surface area contributed by atoms with E-state index in [0.717, 1.165) is 12.0 Å². The topological polar surface area (TPSA) is 49.8 Å². The molecule has 0 aliphatic carbocycles. The third kappa shape index (κ3) is 3.08. The summed E-state index contributed by atoms with van der Waals surface area (Å²) in [6, 6.07) is 6.96. The molecule has 1 saturated heterocycles. The van der Waals surface area contributed by atoms with E-state index < -0.39 is 6.10 Å². The SMILES string of the molecule is CC[C@@H](CO)N1CCOC(c2ccc(Cl)cc2)C1=O. The second kappa shape index (κ2) is 6.37. The molecule has 0 saturated carbocycles. The summed E-state index contributed by atoms with van der Waals surface area (Å²) in [5.41, 5.74) is 0.798. The standard InChI is InChI=1S/C14H18ClNO3/c1-2-12(9-17)16-7-8-19-13(14(16)18)10-3-5-11(15)6-4-10/h3-6,12-13,17H,2,7-9H2,1H3/t12-,13?/m0/s1. The Hall–Kier alpha value is -1.10. The van der Waals surface area contributed by atoms with Crippen molar-refractivity contribution in [2.45, 2.75) is 25.5 Å². The van der Waals surface area contributed by atoms with Crippen LogP contribution in [0.4, 0.5) is 0 Å². The van der Waals surface area contributed by atoms with E-state index >= 15 is 0 Å². The molecule has 2 rings (SSSR count). The van der Waals surface area contributed by atoms with E-state index in [1.165, 1.54) is 0 Å². The zero-order chi connectivity index (χ0) is 13.8. The molecule has 1 aliphatic rings. The van der Waals surface area contributed by atoms with Crippen molar-refractivity contribution < 1.29 is 14.6 Å². The molecule has 1 heterocycles. The van der Waals surface area contributed by atoms with Crippen LogP contribution in [0.1, 0.15) is 25.0 Å². The van der Waals surface area contributed by atoms with Crippen LogP contribution in [-0.2, 0) is 9.53 Å². The van der Waals surface area contributed by atoms with Gasteiger partial charge in [0.05, 0.1) is 19.3 Å². The van der Waals surface area contributed by atoms with Crippen LogP contribution in [-0.4, -0.2) is 41.7 Å². The van der Waals surface area contributed by atoms with Crippen LogP contribution >= 0.6 is 11.6 Å². The number of aliphatic hydroxyl groups excluding tert-OH is 1. The van der Waals surface area contributed by atoms with E-state index in [4.69, 9.17) is 16.3 Å². The van der Waals surface area contributed by atoms with Gasteiger partial charge in [-0.05, 0) is 24.1 Å². The van der Waals surface area contributed by atoms with Gasteiger partial charge in [0.1, 0.15) is 0 Å². The number of morpholine rings is 1. The van der Waals surface area contributed by atoms with Crippen LogP contribution in [0.25, 0.3) is 0 Å². The van der Waals surface area contributed by atoms with Crippen LogP contribution < -0.4 is 0 Å². The third-order valence-corrected chi connectivity index (χ3v) is 3.67. The highest BCUT2D eigenvalue weighted by atomic mass is 35.5. The summed E-state index contributed by atoms with van der Waals surface area (Å²) >= 11 is 5.84. The molecule has 2 atom stereocenters. The van der Waals surface area contributed by atoms with Crippen LogP contribution in [0.3, 0.4) is 0 Å². The molecular weight excluding hydrogens is 266 g/mol. The lowest BCUT2D eigenvalue weighted by Gasteiger charge is -2.37. The Kier molecular flexibility index (Phi) is 4.80. The average Bonchev–Trinajstić information content (AvgIpc) is 2.43. The van der Waals surface area contributed by atoms with Crippen LogP contribution in [0.15, 0.2) is 24.3 Å². The number of hydrogen-bond acceptors (Lipinski definition) is 3. The third-order valence-electron chi connectivity index (χ3n) is 3.42. The molecule has 1 unspecified atom stereocenters. The Morgan fingerprint density at radius 3 is 2.74 bits per heavy atom. The van der Waals surface area contributed by atoms with E-state index in [0.29, 0.717) is 18.2 Å². The predicted molar refractivity (Wildman–Crippen MR) is 73.0 cm³/mol. The van der Waals surface area contributed by atoms with Gasteiger partial charge in [0, 0.05) is 11.6 Å². The molecule has 0 aromatic heterocycles. The number of amides is 1. The molecule has 1 fully saturated rings. The summed E-state index contributed by atoms with van der Waals surface area (Å²) in [4.78, 5) is 14.1. The van der Waals surface area contributed by atoms with Gasteiger partial charge in [-0.15, -0.1) is 0 Å². The number of ether oxygens (including phenoxy) is 1. The normalized spacial score (nSPS) is 21.5. The zero-order valence-electron chi connectivity index (χ0n) is 10.9. The lowest BCUT2D eigenvalue weighted by molar-refractivity contribution is -0.158. The van der Waals surface area contributed by atoms with Crippen molar-refractivity contribution in [3.8, 4) is 0 Å². The molecule has 1 aromatic carbocycles. The fraction of sp³-hybridized carbons (Fsp3) is 0.500. The molecule has 5 heteroatoms. The number of halogens is 1. The van der Waals surface area contributed by atoms with Crippen molar-refractivity contribution in [1.29, 1.82) is 0 Å². The van der Waals surface area contributed by atoms with Crippen LogP contribution in [0.2, 0.25) is 5.02 Å². The highest BCUT2D eigenvalue weighted by Crippen LogP contribution is 2.26. The minimum atomic E-state index is -0.591. The highest BCUT2D eigenvalue weighted by molar-refractivity contribution is 6.30. The molecule has 19 heavy (non-hydrogen) atoms.